The van der Waals surface area contributed by atoms with Crippen LogP contribution in [0.15, 0.2) is 24.3 Å². The van der Waals surface area contributed by atoms with Gasteiger partial charge >= 0.3 is 0 Å². The largest absolute Gasteiger partial charge is 0.497 e. The number of carbonyl (C=O) groups is 1. The van der Waals surface area contributed by atoms with Gasteiger partial charge in [0.05, 0.1) is 33.3 Å². The third-order valence-electron chi connectivity index (χ3n) is 6.27. The first-order valence-corrected chi connectivity index (χ1v) is 10.1. The van der Waals surface area contributed by atoms with Gasteiger partial charge in [0.2, 0.25) is 0 Å². The maximum atomic E-state index is 12.7. The molecule has 2 N–H and O–H groups in total. The molecule has 5 nitrogen and oxygen atoms in total. The summed E-state index contributed by atoms with van der Waals surface area (Å²) in [7, 11) is 1.70. The number of nitrogens with zero attached hydrogens (tertiary/aromatic N) is 1. The Hall–Kier alpha value is -1.75. The van der Waals surface area contributed by atoms with Crippen LogP contribution in [0.4, 0.5) is 5.69 Å². The molecule has 5 heteroatoms. The number of amides is 1. The number of benzene rings is 1. The van der Waals surface area contributed by atoms with Crippen LogP contribution in [0.1, 0.15) is 39.5 Å². The normalized spacial score (nSPS) is 25.6. The minimum absolute atomic E-state index is 0.0246. The summed E-state index contributed by atoms with van der Waals surface area (Å²) in [4.78, 5) is 16.5. The highest BCUT2D eigenvalue weighted by molar-refractivity contribution is 5.80. The van der Waals surface area contributed by atoms with E-state index in [9.17, 15) is 4.79 Å². The second-order valence-electron chi connectivity index (χ2n) is 7.95. The minimum atomic E-state index is 0.0246. The van der Waals surface area contributed by atoms with Crippen molar-refractivity contribution < 1.29 is 14.4 Å². The van der Waals surface area contributed by atoms with E-state index in [-0.39, 0.29) is 11.9 Å². The number of piperazine rings is 1. The van der Waals surface area contributed by atoms with E-state index in [4.69, 9.17) is 4.74 Å². The van der Waals surface area contributed by atoms with Gasteiger partial charge in [0.25, 0.3) is 5.91 Å². The molecular weight excluding hydrogens is 326 g/mol. The zero-order valence-corrected chi connectivity index (χ0v) is 16.5. The van der Waals surface area contributed by atoms with Crippen LogP contribution in [0.25, 0.3) is 0 Å². The lowest BCUT2D eigenvalue weighted by Crippen LogP contribution is -3.19. The van der Waals surface area contributed by atoms with Crippen molar-refractivity contribution in [3.63, 3.8) is 0 Å². The SMILES string of the molecule is COc1cccc(N2CC[NH+]([C@H](C)C(=O)N[C@@H]3CCCC[C@H]3C)CC2)c1. The van der Waals surface area contributed by atoms with Gasteiger partial charge in [0, 0.05) is 17.8 Å². The molecule has 1 saturated carbocycles. The summed E-state index contributed by atoms with van der Waals surface area (Å²) in [5, 5.41) is 3.33. The van der Waals surface area contributed by atoms with Crippen LogP contribution in [0.2, 0.25) is 0 Å². The van der Waals surface area contributed by atoms with E-state index >= 15 is 0 Å². The monoisotopic (exact) mass is 360 g/mol. The summed E-state index contributed by atoms with van der Waals surface area (Å²) in [6.45, 7) is 8.28. The van der Waals surface area contributed by atoms with Crippen LogP contribution < -0.4 is 19.9 Å². The Kier molecular flexibility index (Phi) is 6.41. The summed E-state index contributed by atoms with van der Waals surface area (Å²) in [5.41, 5.74) is 1.21. The maximum Gasteiger partial charge on any atom is 0.278 e. The quantitative estimate of drug-likeness (QED) is 0.836. The molecule has 2 fully saturated rings. The predicted molar refractivity (Wildman–Crippen MR) is 105 cm³/mol. The Bertz CT molecular complexity index is 599. The fourth-order valence-corrected chi connectivity index (χ4v) is 4.32. The molecule has 1 aliphatic heterocycles. The summed E-state index contributed by atoms with van der Waals surface area (Å²) >= 11 is 0. The maximum absolute atomic E-state index is 12.7. The fraction of sp³-hybridized carbons (Fsp3) is 0.667. The van der Waals surface area contributed by atoms with E-state index in [1.807, 2.05) is 12.1 Å². The van der Waals surface area contributed by atoms with Crippen molar-refractivity contribution in [3.05, 3.63) is 24.3 Å². The average molecular weight is 361 g/mol. The number of nitrogens with one attached hydrogen (secondary N) is 2. The Morgan fingerprint density at radius 2 is 2.00 bits per heavy atom. The van der Waals surface area contributed by atoms with Gasteiger partial charge in [-0.05, 0) is 37.8 Å². The molecule has 0 radical (unpaired) electrons. The predicted octanol–water partition coefficient (Wildman–Crippen LogP) is 1.48. The minimum Gasteiger partial charge on any atom is -0.497 e. The van der Waals surface area contributed by atoms with Gasteiger partial charge in [-0.25, -0.2) is 0 Å². The Balaban J connectivity index is 1.51. The van der Waals surface area contributed by atoms with Crippen LogP contribution in [0.5, 0.6) is 5.75 Å². The molecular formula is C21H34N3O2+. The van der Waals surface area contributed by atoms with Gasteiger partial charge in [-0.1, -0.05) is 25.8 Å². The molecule has 1 aromatic carbocycles. The van der Waals surface area contributed by atoms with Crippen molar-refractivity contribution in [1.82, 2.24) is 5.32 Å². The average Bonchev–Trinajstić information content (AvgIpc) is 2.69. The van der Waals surface area contributed by atoms with E-state index in [1.54, 1.807) is 7.11 Å². The van der Waals surface area contributed by atoms with Crippen molar-refractivity contribution in [2.75, 3.05) is 38.2 Å². The van der Waals surface area contributed by atoms with E-state index in [0.717, 1.165) is 38.3 Å². The number of ether oxygens (including phenoxy) is 1. The molecule has 0 spiro atoms. The van der Waals surface area contributed by atoms with E-state index < -0.39 is 0 Å². The summed E-state index contributed by atoms with van der Waals surface area (Å²) in [5.74, 6) is 1.74. The van der Waals surface area contributed by atoms with E-state index in [0.29, 0.717) is 12.0 Å². The molecule has 1 saturated heterocycles. The third-order valence-corrected chi connectivity index (χ3v) is 6.27. The molecule has 1 aliphatic carbocycles. The highest BCUT2D eigenvalue weighted by Crippen LogP contribution is 2.24. The van der Waals surface area contributed by atoms with Crippen LogP contribution >= 0.6 is 0 Å². The van der Waals surface area contributed by atoms with Gasteiger partial charge in [-0.3, -0.25) is 4.79 Å². The lowest BCUT2D eigenvalue weighted by atomic mass is 9.86. The first-order valence-electron chi connectivity index (χ1n) is 10.1. The molecule has 144 valence electrons. The van der Waals surface area contributed by atoms with Crippen molar-refractivity contribution in [2.24, 2.45) is 5.92 Å². The number of hydrogen-bond donors (Lipinski definition) is 2. The molecule has 26 heavy (non-hydrogen) atoms. The van der Waals surface area contributed by atoms with Gasteiger partial charge < -0.3 is 19.9 Å². The molecule has 0 unspecified atom stereocenters. The van der Waals surface area contributed by atoms with Crippen molar-refractivity contribution in [2.45, 2.75) is 51.6 Å². The topological polar surface area (TPSA) is 46.0 Å². The molecule has 3 atom stereocenters. The van der Waals surface area contributed by atoms with Crippen LogP contribution in [0, 0.1) is 5.92 Å². The standard InChI is InChI=1S/C21H33N3O2/c1-16-7-4-5-10-20(16)22-21(25)17(2)23-11-13-24(14-12-23)18-8-6-9-19(15-18)26-3/h6,8-9,15-17,20H,4-5,7,10-14H2,1-3H3,(H,22,25)/p+1/t16-,17-,20-/m1/s1. The smallest absolute Gasteiger partial charge is 0.278 e. The first kappa shape index (κ1) is 19.0. The summed E-state index contributed by atoms with van der Waals surface area (Å²) < 4.78 is 5.33. The van der Waals surface area contributed by atoms with Crippen molar-refractivity contribution in [1.29, 1.82) is 0 Å². The zero-order chi connectivity index (χ0) is 18.5. The number of anilines is 1. The van der Waals surface area contributed by atoms with Gasteiger partial charge in [-0.15, -0.1) is 0 Å². The molecule has 2 aliphatic rings. The molecule has 1 amide bonds. The summed E-state index contributed by atoms with van der Waals surface area (Å²) in [6, 6.07) is 8.63. The van der Waals surface area contributed by atoms with Gasteiger partial charge in [0.15, 0.2) is 6.04 Å². The number of carbonyl (C=O) groups excluding carboxylic acids is 1. The molecule has 0 bridgehead atoms. The number of methoxy groups -OCH3 is 1. The van der Waals surface area contributed by atoms with Crippen molar-refractivity contribution >= 4 is 11.6 Å². The van der Waals surface area contributed by atoms with Crippen molar-refractivity contribution in [3.8, 4) is 5.75 Å². The second kappa shape index (κ2) is 8.76. The van der Waals surface area contributed by atoms with Crippen LogP contribution in [-0.4, -0.2) is 51.3 Å². The number of hydrogen-bond acceptors (Lipinski definition) is 3. The molecule has 0 aromatic heterocycles. The highest BCUT2D eigenvalue weighted by atomic mass is 16.5. The van der Waals surface area contributed by atoms with Crippen LogP contribution in [-0.2, 0) is 4.79 Å². The van der Waals surface area contributed by atoms with E-state index in [2.05, 4.69) is 36.2 Å². The number of quaternary nitrogens is 1. The molecule has 3 rings (SSSR count). The Morgan fingerprint density at radius 3 is 2.69 bits per heavy atom. The zero-order valence-electron chi connectivity index (χ0n) is 16.5. The molecule has 1 heterocycles. The fourth-order valence-electron chi connectivity index (χ4n) is 4.32. The lowest BCUT2D eigenvalue weighted by molar-refractivity contribution is -0.914. The Labute approximate surface area is 157 Å². The number of rotatable bonds is 5. The summed E-state index contributed by atoms with van der Waals surface area (Å²) in [6.07, 6.45) is 4.93. The second-order valence-corrected chi connectivity index (χ2v) is 7.95. The van der Waals surface area contributed by atoms with Gasteiger partial charge in [-0.2, -0.15) is 0 Å². The third kappa shape index (κ3) is 4.50. The first-order chi connectivity index (χ1) is 12.6. The van der Waals surface area contributed by atoms with Gasteiger partial charge in [0.1, 0.15) is 5.75 Å². The molecule has 1 aromatic rings. The van der Waals surface area contributed by atoms with Crippen LogP contribution in [0.3, 0.4) is 0 Å². The highest BCUT2D eigenvalue weighted by Gasteiger charge is 2.32. The Morgan fingerprint density at radius 1 is 1.27 bits per heavy atom. The lowest BCUT2D eigenvalue weighted by Gasteiger charge is -2.37. The van der Waals surface area contributed by atoms with E-state index in [1.165, 1.54) is 29.8 Å².